The lowest BCUT2D eigenvalue weighted by Gasteiger charge is -2.19. The second-order valence-corrected chi connectivity index (χ2v) is 10.3. The number of anilines is 2. The van der Waals surface area contributed by atoms with Gasteiger partial charge in [-0.15, -0.1) is 0 Å². The van der Waals surface area contributed by atoms with Crippen LogP contribution in [0.15, 0.2) is 88.7 Å². The first-order valence-electron chi connectivity index (χ1n) is 11.9. The summed E-state index contributed by atoms with van der Waals surface area (Å²) in [4.78, 5) is 42.9. The van der Waals surface area contributed by atoms with E-state index in [-0.39, 0.29) is 18.9 Å². The van der Waals surface area contributed by atoms with Crippen LogP contribution in [0.5, 0.6) is 11.5 Å². The first-order chi connectivity index (χ1) is 18.7. The Bertz CT molecular complexity index is 1540. The van der Waals surface area contributed by atoms with Gasteiger partial charge in [0.1, 0.15) is 23.6 Å². The highest BCUT2D eigenvalue weighted by Crippen LogP contribution is 2.24. The Hall–Kier alpha value is -4.06. The Morgan fingerprint density at radius 3 is 2.44 bits per heavy atom. The van der Waals surface area contributed by atoms with Gasteiger partial charge in [0.2, 0.25) is 0 Å². The van der Waals surface area contributed by atoms with E-state index in [0.717, 1.165) is 10.1 Å². The number of nitrogens with one attached hydrogen (secondary N) is 2. The minimum atomic E-state index is -1.56. The fraction of sp³-hybridized carbons (Fsp3) is 0.185. The van der Waals surface area contributed by atoms with Crippen molar-refractivity contribution in [2.75, 3.05) is 11.6 Å². The van der Waals surface area contributed by atoms with E-state index in [1.54, 1.807) is 80.0 Å². The largest absolute Gasteiger partial charge is 0.593 e. The molecule has 2 aromatic carbocycles. The van der Waals surface area contributed by atoms with E-state index >= 15 is 0 Å². The molecule has 2 aromatic heterocycles. The van der Waals surface area contributed by atoms with E-state index in [9.17, 15) is 18.9 Å². The van der Waals surface area contributed by atoms with Gasteiger partial charge in [-0.1, -0.05) is 30.7 Å². The molecule has 0 aliphatic heterocycles. The van der Waals surface area contributed by atoms with Gasteiger partial charge >= 0.3 is 5.69 Å². The van der Waals surface area contributed by atoms with Gasteiger partial charge in [0.15, 0.2) is 0 Å². The van der Waals surface area contributed by atoms with Crippen LogP contribution in [0.4, 0.5) is 11.5 Å². The lowest BCUT2D eigenvalue weighted by molar-refractivity contribution is -0.123. The van der Waals surface area contributed by atoms with Crippen LogP contribution in [-0.2, 0) is 29.2 Å². The molecule has 2 atom stereocenters. The second kappa shape index (κ2) is 12.7. The Morgan fingerprint density at radius 1 is 1.08 bits per heavy atom. The highest BCUT2D eigenvalue weighted by molar-refractivity contribution is 7.89. The number of rotatable bonds is 10. The molecule has 4 rings (SSSR count). The summed E-state index contributed by atoms with van der Waals surface area (Å²) in [6.07, 6.45) is 4.58. The summed E-state index contributed by atoms with van der Waals surface area (Å²) >= 11 is 4.46. The molecule has 0 saturated carbocycles. The zero-order valence-corrected chi connectivity index (χ0v) is 22.7. The van der Waals surface area contributed by atoms with Crippen LogP contribution >= 0.6 is 11.6 Å². The van der Waals surface area contributed by atoms with Crippen molar-refractivity contribution in [3.63, 3.8) is 0 Å². The molecule has 0 bridgehead atoms. The number of carbonyl (C=O) groups is 1. The molecule has 202 valence electrons. The third kappa shape index (κ3) is 7.50. The summed E-state index contributed by atoms with van der Waals surface area (Å²) in [6, 6.07) is 18.9. The first-order valence-corrected chi connectivity index (χ1v) is 13.8. The van der Waals surface area contributed by atoms with E-state index in [0.29, 0.717) is 22.2 Å². The Kier molecular flexibility index (Phi) is 9.07. The number of hydrogen-bond donors (Lipinski definition) is 2. The van der Waals surface area contributed by atoms with Crippen LogP contribution in [0.2, 0.25) is 5.02 Å². The zero-order valence-electron chi connectivity index (χ0n) is 21.2. The maximum Gasteiger partial charge on any atom is 0.332 e. The number of pyridine rings is 1. The molecule has 0 spiro atoms. The van der Waals surface area contributed by atoms with Crippen molar-refractivity contribution in [2.24, 2.45) is 5.92 Å². The molecule has 10 nitrogen and oxygen atoms in total. The molecule has 1 unspecified atom stereocenters. The maximum absolute atomic E-state index is 13.6. The highest BCUT2D eigenvalue weighted by atomic mass is 35.5. The van der Waals surface area contributed by atoms with Crippen molar-refractivity contribution < 1.29 is 14.1 Å². The molecule has 2 heterocycles. The smallest absolute Gasteiger partial charge is 0.332 e. The number of halogens is 1. The van der Waals surface area contributed by atoms with Gasteiger partial charge in [0.25, 0.3) is 11.5 Å². The second-order valence-electron chi connectivity index (χ2n) is 8.74. The van der Waals surface area contributed by atoms with Crippen LogP contribution in [0.25, 0.3) is 0 Å². The number of hydrogen-bond acceptors (Lipinski definition) is 7. The van der Waals surface area contributed by atoms with Crippen molar-refractivity contribution in [3.05, 3.63) is 111 Å². The van der Waals surface area contributed by atoms with Gasteiger partial charge in [0.05, 0.1) is 30.0 Å². The SMILES string of the molecule is C[C@@H](Cn1c(=O)cc(Nc2ccc(Oc3cccnc3)cc2)n(Cc2ccc(Cl)cc2)c1=O)C(=O)N[S+](C)[O-]. The summed E-state index contributed by atoms with van der Waals surface area (Å²) in [7, 11) is 0. The predicted octanol–water partition coefficient (Wildman–Crippen LogP) is 3.69. The van der Waals surface area contributed by atoms with Gasteiger partial charge in [-0.25, -0.2) is 4.79 Å². The van der Waals surface area contributed by atoms with Crippen molar-refractivity contribution in [1.29, 1.82) is 0 Å². The van der Waals surface area contributed by atoms with Crippen LogP contribution in [0.3, 0.4) is 0 Å². The van der Waals surface area contributed by atoms with Crippen molar-refractivity contribution in [1.82, 2.24) is 18.8 Å². The molecule has 0 radical (unpaired) electrons. The zero-order chi connectivity index (χ0) is 27.9. The molecule has 39 heavy (non-hydrogen) atoms. The first kappa shape index (κ1) is 28.0. The standard InChI is InChI=1S/C27H26ClN5O5S/c1-18(26(35)31-39(2)37)16-33-25(34)14-24(32(27(33)36)17-19-5-7-20(28)8-6-19)30-21-9-11-22(12-10-21)38-23-4-3-13-29-15-23/h3-15,18,30H,16-17H2,1-2H3,(H,31,35)/t18-,39?/m0/s1. The van der Waals surface area contributed by atoms with Gasteiger partial charge < -0.3 is 14.6 Å². The minimum absolute atomic E-state index is 0.139. The summed E-state index contributed by atoms with van der Waals surface area (Å²) < 4.78 is 21.8. The van der Waals surface area contributed by atoms with Crippen LogP contribution in [-0.4, -0.2) is 30.8 Å². The van der Waals surface area contributed by atoms with E-state index in [2.05, 4.69) is 15.0 Å². The topological polar surface area (TPSA) is 130 Å². The van der Waals surface area contributed by atoms with Crippen LogP contribution < -0.4 is 26.0 Å². The van der Waals surface area contributed by atoms with Gasteiger partial charge in [0, 0.05) is 29.5 Å². The number of ether oxygens (including phenoxy) is 1. The normalized spacial score (nSPS) is 12.4. The number of amides is 1. The van der Waals surface area contributed by atoms with E-state index < -0.39 is 34.4 Å². The fourth-order valence-corrected chi connectivity index (χ4v) is 4.32. The highest BCUT2D eigenvalue weighted by Gasteiger charge is 2.21. The molecular formula is C27H26ClN5O5S. The monoisotopic (exact) mass is 567 g/mol. The molecule has 4 aromatic rings. The predicted molar refractivity (Wildman–Crippen MR) is 151 cm³/mol. The van der Waals surface area contributed by atoms with E-state index in [1.807, 2.05) is 0 Å². The number of carbonyl (C=O) groups excluding carboxylic acids is 1. The Balaban J connectivity index is 1.64. The number of benzene rings is 2. The van der Waals surface area contributed by atoms with Crippen LogP contribution in [0, 0.1) is 5.92 Å². The quantitative estimate of drug-likeness (QED) is 0.279. The molecule has 0 fully saturated rings. The summed E-state index contributed by atoms with van der Waals surface area (Å²) in [5.41, 5.74) is 0.215. The Labute approximate surface area is 232 Å². The molecule has 0 saturated heterocycles. The van der Waals surface area contributed by atoms with Gasteiger partial charge in [-0.2, -0.15) is 4.72 Å². The van der Waals surface area contributed by atoms with Crippen molar-refractivity contribution >= 4 is 40.4 Å². The summed E-state index contributed by atoms with van der Waals surface area (Å²) in [5.74, 6) is 0.148. The fourth-order valence-electron chi connectivity index (χ4n) is 3.71. The maximum atomic E-state index is 13.6. The third-order valence-corrected chi connectivity index (χ3v) is 6.42. The van der Waals surface area contributed by atoms with E-state index in [4.69, 9.17) is 16.3 Å². The Morgan fingerprint density at radius 2 is 1.79 bits per heavy atom. The molecule has 2 N–H and O–H groups in total. The molecular weight excluding hydrogens is 542 g/mol. The van der Waals surface area contributed by atoms with E-state index in [1.165, 1.54) is 16.9 Å². The third-order valence-electron chi connectivity index (χ3n) is 5.68. The van der Waals surface area contributed by atoms with Crippen molar-refractivity contribution in [3.8, 4) is 11.5 Å². The molecule has 1 amide bonds. The summed E-state index contributed by atoms with van der Waals surface area (Å²) in [6.45, 7) is 1.52. The molecule has 0 aliphatic carbocycles. The lowest BCUT2D eigenvalue weighted by atomic mass is 10.1. The lowest BCUT2D eigenvalue weighted by Crippen LogP contribution is -2.44. The number of aromatic nitrogens is 3. The average molecular weight is 568 g/mol. The van der Waals surface area contributed by atoms with Gasteiger partial charge in [-0.05, 0) is 54.1 Å². The average Bonchev–Trinajstić information content (AvgIpc) is 2.91. The molecule has 12 heteroatoms. The number of nitrogens with zero attached hydrogens (tertiary/aromatic N) is 3. The summed E-state index contributed by atoms with van der Waals surface area (Å²) in [5, 5.41) is 3.69. The van der Waals surface area contributed by atoms with Gasteiger partial charge in [-0.3, -0.25) is 23.7 Å². The van der Waals surface area contributed by atoms with Crippen LogP contribution in [0.1, 0.15) is 12.5 Å². The minimum Gasteiger partial charge on any atom is -0.593 e. The van der Waals surface area contributed by atoms with Crippen molar-refractivity contribution in [2.45, 2.75) is 20.0 Å². The molecule has 0 aliphatic rings.